The van der Waals surface area contributed by atoms with E-state index in [-0.39, 0.29) is 15.5 Å². The van der Waals surface area contributed by atoms with Crippen molar-refractivity contribution < 1.29 is 12.8 Å². The van der Waals surface area contributed by atoms with Gasteiger partial charge in [-0.3, -0.25) is 0 Å². The summed E-state index contributed by atoms with van der Waals surface area (Å²) in [5.41, 5.74) is -0.328. The fourth-order valence-corrected chi connectivity index (χ4v) is 4.13. The van der Waals surface area contributed by atoms with Crippen molar-refractivity contribution >= 4 is 32.6 Å². The molecule has 3 rings (SSSR count). The van der Waals surface area contributed by atoms with Crippen LogP contribution in [0.25, 0.3) is 11.0 Å². The van der Waals surface area contributed by atoms with Crippen molar-refractivity contribution in [3.05, 3.63) is 39.7 Å². The van der Waals surface area contributed by atoms with E-state index in [9.17, 15) is 13.2 Å². The number of hydrogen-bond acceptors (Lipinski definition) is 5. The maximum atomic E-state index is 12.6. The number of piperazine rings is 1. The summed E-state index contributed by atoms with van der Waals surface area (Å²) in [5.74, 6) is 0. The molecule has 1 aromatic heterocycles. The van der Waals surface area contributed by atoms with Crippen LogP contribution in [0.1, 0.15) is 0 Å². The van der Waals surface area contributed by atoms with E-state index in [2.05, 4.69) is 5.32 Å². The highest BCUT2D eigenvalue weighted by molar-refractivity contribution is 7.89. The van der Waals surface area contributed by atoms with Crippen molar-refractivity contribution in [1.29, 1.82) is 0 Å². The predicted molar refractivity (Wildman–Crippen MR) is 79.1 cm³/mol. The number of rotatable bonds is 2. The first-order valence-electron chi connectivity index (χ1n) is 6.43. The third kappa shape index (κ3) is 2.69. The lowest BCUT2D eigenvalue weighted by Gasteiger charge is -2.26. The van der Waals surface area contributed by atoms with Gasteiger partial charge in [0.15, 0.2) is 5.58 Å². The average Bonchev–Trinajstić information content (AvgIpc) is 2.48. The first-order valence-corrected chi connectivity index (χ1v) is 8.24. The van der Waals surface area contributed by atoms with E-state index in [0.717, 1.165) is 0 Å². The second kappa shape index (κ2) is 5.42. The molecule has 0 amide bonds. The molecule has 1 saturated heterocycles. The predicted octanol–water partition coefficient (Wildman–Crippen LogP) is 1.04. The molecule has 21 heavy (non-hydrogen) atoms. The van der Waals surface area contributed by atoms with Gasteiger partial charge >= 0.3 is 5.63 Å². The molecular weight excluding hydrogens is 316 g/mol. The van der Waals surface area contributed by atoms with Gasteiger partial charge in [0.25, 0.3) is 0 Å². The van der Waals surface area contributed by atoms with Gasteiger partial charge in [-0.05, 0) is 18.2 Å². The van der Waals surface area contributed by atoms with E-state index in [1.54, 1.807) is 0 Å². The Bertz CT molecular complexity index is 841. The molecule has 1 N–H and O–H groups in total. The molecule has 112 valence electrons. The number of fused-ring (bicyclic) bond motifs is 1. The third-order valence-electron chi connectivity index (χ3n) is 3.36. The molecular formula is C13H13ClN2O4S. The van der Waals surface area contributed by atoms with Gasteiger partial charge < -0.3 is 9.73 Å². The monoisotopic (exact) mass is 328 g/mol. The van der Waals surface area contributed by atoms with Crippen LogP contribution in [-0.2, 0) is 10.0 Å². The van der Waals surface area contributed by atoms with Crippen LogP contribution in [-0.4, -0.2) is 38.9 Å². The summed E-state index contributed by atoms with van der Waals surface area (Å²) in [5, 5.41) is 3.70. The summed E-state index contributed by atoms with van der Waals surface area (Å²) < 4.78 is 31.6. The lowest BCUT2D eigenvalue weighted by atomic mass is 10.2. The zero-order valence-electron chi connectivity index (χ0n) is 11.0. The number of benzene rings is 1. The Morgan fingerprint density at radius 2 is 1.90 bits per heavy atom. The van der Waals surface area contributed by atoms with Crippen LogP contribution >= 0.6 is 11.6 Å². The van der Waals surface area contributed by atoms with Gasteiger partial charge in [-0.2, -0.15) is 4.31 Å². The largest absolute Gasteiger partial charge is 0.421 e. The van der Waals surface area contributed by atoms with Crippen LogP contribution in [0, 0.1) is 0 Å². The first kappa shape index (κ1) is 14.5. The minimum Gasteiger partial charge on any atom is -0.421 e. The molecule has 1 fully saturated rings. The number of halogens is 1. The van der Waals surface area contributed by atoms with Crippen molar-refractivity contribution in [3.8, 4) is 0 Å². The van der Waals surface area contributed by atoms with E-state index in [1.807, 2.05) is 0 Å². The summed E-state index contributed by atoms with van der Waals surface area (Å²) in [6.07, 6.45) is 0. The van der Waals surface area contributed by atoms with Crippen LogP contribution in [0.15, 0.2) is 38.4 Å². The molecule has 0 spiro atoms. The van der Waals surface area contributed by atoms with Gasteiger partial charge in [0.2, 0.25) is 10.0 Å². The number of hydrogen-bond donors (Lipinski definition) is 1. The van der Waals surface area contributed by atoms with Crippen molar-refractivity contribution in [2.24, 2.45) is 0 Å². The lowest BCUT2D eigenvalue weighted by molar-refractivity contribution is 0.360. The van der Waals surface area contributed by atoms with Gasteiger partial charge in [0.05, 0.1) is 9.92 Å². The van der Waals surface area contributed by atoms with Gasteiger partial charge in [-0.15, -0.1) is 0 Å². The van der Waals surface area contributed by atoms with Crippen molar-refractivity contribution in [3.63, 3.8) is 0 Å². The van der Waals surface area contributed by atoms with Crippen LogP contribution in [0.2, 0.25) is 5.02 Å². The molecule has 2 heterocycles. The molecule has 6 nitrogen and oxygen atoms in total. The Morgan fingerprint density at radius 3 is 2.62 bits per heavy atom. The minimum atomic E-state index is -3.60. The van der Waals surface area contributed by atoms with Crippen LogP contribution in [0.4, 0.5) is 0 Å². The minimum absolute atomic E-state index is 0.107. The molecule has 1 aromatic carbocycles. The Labute approximate surface area is 126 Å². The van der Waals surface area contributed by atoms with Crippen molar-refractivity contribution in [2.75, 3.05) is 26.2 Å². The molecule has 0 radical (unpaired) electrons. The maximum absolute atomic E-state index is 12.6. The van der Waals surface area contributed by atoms with E-state index < -0.39 is 15.6 Å². The van der Waals surface area contributed by atoms with Gasteiger partial charge in [0.1, 0.15) is 0 Å². The van der Waals surface area contributed by atoms with Crippen LogP contribution in [0.5, 0.6) is 0 Å². The normalized spacial score (nSPS) is 17.2. The fourth-order valence-electron chi connectivity index (χ4n) is 2.30. The molecule has 1 aliphatic heterocycles. The Hall–Kier alpha value is -1.41. The van der Waals surface area contributed by atoms with E-state index in [4.69, 9.17) is 16.0 Å². The number of nitrogens with zero attached hydrogens (tertiary/aromatic N) is 1. The summed E-state index contributed by atoms with van der Waals surface area (Å²) in [7, 11) is -3.60. The van der Waals surface area contributed by atoms with Crippen LogP contribution in [0.3, 0.4) is 0 Å². The molecule has 0 bridgehead atoms. The highest BCUT2D eigenvalue weighted by Gasteiger charge is 2.26. The zero-order valence-corrected chi connectivity index (χ0v) is 12.6. The third-order valence-corrected chi connectivity index (χ3v) is 5.52. The fraction of sp³-hybridized carbons (Fsp3) is 0.308. The van der Waals surface area contributed by atoms with Gasteiger partial charge in [0, 0.05) is 37.6 Å². The molecule has 0 atom stereocenters. The Morgan fingerprint density at radius 1 is 1.19 bits per heavy atom. The highest BCUT2D eigenvalue weighted by atomic mass is 35.5. The van der Waals surface area contributed by atoms with Crippen molar-refractivity contribution in [2.45, 2.75) is 4.90 Å². The first-order chi connectivity index (χ1) is 9.98. The quantitative estimate of drug-likeness (QED) is 0.833. The van der Waals surface area contributed by atoms with E-state index >= 15 is 0 Å². The van der Waals surface area contributed by atoms with Crippen LogP contribution < -0.4 is 10.9 Å². The summed E-state index contributed by atoms with van der Waals surface area (Å²) in [4.78, 5) is 11.3. The SMILES string of the molecule is O=c1ccc2cc(S(=O)(=O)N3CCNCC3)cc(Cl)c2o1. The standard InChI is InChI=1S/C13H13ClN2O4S/c14-11-8-10(7-9-1-2-12(17)20-13(9)11)21(18,19)16-5-3-15-4-6-16/h1-2,7-8,15H,3-6H2. The Balaban J connectivity index is 2.12. The summed E-state index contributed by atoms with van der Waals surface area (Å²) in [6, 6.07) is 5.54. The zero-order chi connectivity index (χ0) is 15.0. The second-order valence-corrected chi connectivity index (χ2v) is 7.08. The molecule has 8 heteroatoms. The number of nitrogens with one attached hydrogen (secondary N) is 1. The Kier molecular flexibility index (Phi) is 3.75. The molecule has 1 aliphatic rings. The van der Waals surface area contributed by atoms with E-state index in [0.29, 0.717) is 31.6 Å². The van der Waals surface area contributed by atoms with E-state index in [1.165, 1.54) is 28.6 Å². The molecule has 0 saturated carbocycles. The van der Waals surface area contributed by atoms with Gasteiger partial charge in [-0.25, -0.2) is 13.2 Å². The molecule has 0 unspecified atom stereocenters. The van der Waals surface area contributed by atoms with Gasteiger partial charge in [-0.1, -0.05) is 11.6 Å². The smallest absolute Gasteiger partial charge is 0.336 e. The highest BCUT2D eigenvalue weighted by Crippen LogP contribution is 2.28. The maximum Gasteiger partial charge on any atom is 0.336 e. The molecule has 2 aromatic rings. The summed E-state index contributed by atoms with van der Waals surface area (Å²) >= 11 is 6.05. The second-order valence-electron chi connectivity index (χ2n) is 4.73. The average molecular weight is 329 g/mol. The molecule has 0 aliphatic carbocycles. The lowest BCUT2D eigenvalue weighted by Crippen LogP contribution is -2.46. The van der Waals surface area contributed by atoms with Crippen molar-refractivity contribution in [1.82, 2.24) is 9.62 Å². The topological polar surface area (TPSA) is 79.6 Å². The summed E-state index contributed by atoms with van der Waals surface area (Å²) in [6.45, 7) is 2.08. The number of sulfonamides is 1.